The minimum atomic E-state index is 0.565. The normalized spacial score (nSPS) is 27.5. The molecule has 44 valence electrons. The van der Waals surface area contributed by atoms with Gasteiger partial charge in [0.1, 0.15) is 0 Å². The Morgan fingerprint density at radius 2 is 2.25 bits per heavy atom. The Bertz CT molecular complexity index is 154. The molecule has 0 fully saturated rings. The highest BCUT2D eigenvalue weighted by Gasteiger charge is 2.07. The van der Waals surface area contributed by atoms with Crippen molar-refractivity contribution in [2.75, 3.05) is 0 Å². The molecule has 1 heteroatoms. The highest BCUT2D eigenvalue weighted by Crippen LogP contribution is 2.20. The average Bonchev–Trinajstić information content (AvgIpc) is 1.98. The van der Waals surface area contributed by atoms with Gasteiger partial charge in [0.2, 0.25) is 0 Å². The van der Waals surface area contributed by atoms with E-state index in [-0.39, 0.29) is 0 Å². The summed E-state index contributed by atoms with van der Waals surface area (Å²) >= 11 is 0. The molecule has 0 saturated heterocycles. The zero-order valence-corrected chi connectivity index (χ0v) is 5.31. The third-order valence-electron chi connectivity index (χ3n) is 1.70. The van der Waals surface area contributed by atoms with E-state index in [9.17, 15) is 0 Å². The Labute approximate surface area is 49.9 Å². The molecule has 0 unspecified atom stereocenters. The van der Waals surface area contributed by atoms with Crippen molar-refractivity contribution in [1.82, 2.24) is 0 Å². The van der Waals surface area contributed by atoms with Crippen molar-refractivity contribution in [3.8, 4) is 0 Å². The van der Waals surface area contributed by atoms with Crippen LogP contribution in [0.2, 0.25) is 0 Å². The summed E-state index contributed by atoms with van der Waals surface area (Å²) in [6.07, 6.45) is 4.09. The Balaban J connectivity index is 2.85. The highest BCUT2D eigenvalue weighted by atomic mass is 14.6. The van der Waals surface area contributed by atoms with E-state index in [1.54, 1.807) is 0 Å². The van der Waals surface area contributed by atoms with Gasteiger partial charge in [-0.25, -0.2) is 0 Å². The lowest BCUT2D eigenvalue weighted by atomic mass is 10.1. The van der Waals surface area contributed by atoms with Gasteiger partial charge in [0, 0.05) is 5.70 Å². The minimum absolute atomic E-state index is 0.565. The van der Waals surface area contributed by atoms with Gasteiger partial charge in [-0.1, -0.05) is 13.0 Å². The number of allylic oxidation sites excluding steroid dienone is 3. The lowest BCUT2D eigenvalue weighted by Gasteiger charge is -1.99. The molecule has 8 heavy (non-hydrogen) atoms. The second-order valence-corrected chi connectivity index (χ2v) is 2.29. The molecule has 0 saturated carbocycles. The fraction of sp³-hybridized carbons (Fsp3) is 0.429. The SMILES string of the molecule is CC1=C(N)C=C[C@@H]1C. The van der Waals surface area contributed by atoms with E-state index in [1.807, 2.05) is 6.08 Å². The topological polar surface area (TPSA) is 26.0 Å². The third-order valence-corrected chi connectivity index (χ3v) is 1.70. The smallest absolute Gasteiger partial charge is 0.0305 e. The number of hydrogen-bond acceptors (Lipinski definition) is 1. The molecule has 0 spiro atoms. The van der Waals surface area contributed by atoms with Crippen molar-refractivity contribution < 1.29 is 0 Å². The Morgan fingerprint density at radius 3 is 2.38 bits per heavy atom. The predicted octanol–water partition coefficient (Wildman–Crippen LogP) is 1.43. The van der Waals surface area contributed by atoms with Crippen LogP contribution in [-0.2, 0) is 0 Å². The zero-order valence-electron chi connectivity index (χ0n) is 5.31. The van der Waals surface area contributed by atoms with Gasteiger partial charge in [0.05, 0.1) is 0 Å². The van der Waals surface area contributed by atoms with Crippen molar-refractivity contribution in [2.24, 2.45) is 11.7 Å². The molecule has 1 nitrogen and oxygen atoms in total. The lowest BCUT2D eigenvalue weighted by molar-refractivity contribution is 0.874. The maximum absolute atomic E-state index is 5.56. The Hall–Kier alpha value is -0.720. The van der Waals surface area contributed by atoms with Gasteiger partial charge in [0.15, 0.2) is 0 Å². The van der Waals surface area contributed by atoms with Crippen molar-refractivity contribution in [2.45, 2.75) is 13.8 Å². The van der Waals surface area contributed by atoms with E-state index in [0.717, 1.165) is 5.70 Å². The van der Waals surface area contributed by atoms with Crippen molar-refractivity contribution in [1.29, 1.82) is 0 Å². The molecule has 0 aliphatic heterocycles. The van der Waals surface area contributed by atoms with Crippen LogP contribution in [0.5, 0.6) is 0 Å². The molecule has 2 N–H and O–H groups in total. The summed E-state index contributed by atoms with van der Waals surface area (Å²) in [4.78, 5) is 0. The molecule has 0 radical (unpaired) electrons. The first-order valence-corrected chi connectivity index (χ1v) is 2.86. The fourth-order valence-electron chi connectivity index (χ4n) is 0.787. The van der Waals surface area contributed by atoms with Crippen LogP contribution in [0.15, 0.2) is 23.4 Å². The van der Waals surface area contributed by atoms with Gasteiger partial charge < -0.3 is 5.73 Å². The summed E-state index contributed by atoms with van der Waals surface area (Å²) in [5.74, 6) is 0.565. The Morgan fingerprint density at radius 1 is 1.62 bits per heavy atom. The second-order valence-electron chi connectivity index (χ2n) is 2.29. The molecular weight excluding hydrogens is 98.1 g/mol. The largest absolute Gasteiger partial charge is 0.399 e. The first-order chi connectivity index (χ1) is 3.72. The maximum atomic E-state index is 5.56. The van der Waals surface area contributed by atoms with E-state index in [1.165, 1.54) is 5.57 Å². The molecule has 1 aliphatic rings. The van der Waals surface area contributed by atoms with E-state index in [0.29, 0.717) is 5.92 Å². The fourth-order valence-corrected chi connectivity index (χ4v) is 0.787. The summed E-state index contributed by atoms with van der Waals surface area (Å²) in [6.45, 7) is 4.21. The van der Waals surface area contributed by atoms with Crippen LogP contribution in [0, 0.1) is 5.92 Å². The van der Waals surface area contributed by atoms with E-state index in [4.69, 9.17) is 5.73 Å². The molecule has 0 heterocycles. The second kappa shape index (κ2) is 1.66. The van der Waals surface area contributed by atoms with Crippen LogP contribution in [0.25, 0.3) is 0 Å². The van der Waals surface area contributed by atoms with Gasteiger partial charge in [-0.2, -0.15) is 0 Å². The van der Waals surface area contributed by atoms with Gasteiger partial charge in [-0.05, 0) is 24.5 Å². The summed E-state index contributed by atoms with van der Waals surface area (Å²) in [5.41, 5.74) is 7.80. The molecule has 1 atom stereocenters. The monoisotopic (exact) mass is 109 g/mol. The highest BCUT2D eigenvalue weighted by molar-refractivity contribution is 5.32. The molecule has 0 aromatic rings. The average molecular weight is 109 g/mol. The summed E-state index contributed by atoms with van der Waals surface area (Å²) in [5, 5.41) is 0. The predicted molar refractivity (Wildman–Crippen MR) is 35.2 cm³/mol. The van der Waals surface area contributed by atoms with Crippen LogP contribution >= 0.6 is 0 Å². The Kier molecular flexibility index (Phi) is 1.12. The zero-order chi connectivity index (χ0) is 6.15. The van der Waals surface area contributed by atoms with Crippen molar-refractivity contribution >= 4 is 0 Å². The van der Waals surface area contributed by atoms with Crippen LogP contribution < -0.4 is 5.73 Å². The van der Waals surface area contributed by atoms with Gasteiger partial charge in [0.25, 0.3) is 0 Å². The third kappa shape index (κ3) is 0.641. The van der Waals surface area contributed by atoms with Crippen LogP contribution in [-0.4, -0.2) is 0 Å². The van der Waals surface area contributed by atoms with E-state index < -0.39 is 0 Å². The minimum Gasteiger partial charge on any atom is -0.399 e. The molecule has 1 aliphatic carbocycles. The van der Waals surface area contributed by atoms with Crippen LogP contribution in [0.3, 0.4) is 0 Å². The molecule has 1 rings (SSSR count). The van der Waals surface area contributed by atoms with Gasteiger partial charge in [-0.3, -0.25) is 0 Å². The van der Waals surface area contributed by atoms with E-state index in [2.05, 4.69) is 19.9 Å². The molecule has 0 amide bonds. The summed E-state index contributed by atoms with van der Waals surface area (Å²) in [7, 11) is 0. The summed E-state index contributed by atoms with van der Waals surface area (Å²) in [6, 6.07) is 0. The quantitative estimate of drug-likeness (QED) is 0.500. The molecule has 0 aromatic heterocycles. The van der Waals surface area contributed by atoms with E-state index >= 15 is 0 Å². The summed E-state index contributed by atoms with van der Waals surface area (Å²) < 4.78 is 0. The van der Waals surface area contributed by atoms with Crippen molar-refractivity contribution in [3.63, 3.8) is 0 Å². The van der Waals surface area contributed by atoms with Gasteiger partial charge in [-0.15, -0.1) is 0 Å². The lowest BCUT2D eigenvalue weighted by Crippen LogP contribution is -1.95. The van der Waals surface area contributed by atoms with Crippen molar-refractivity contribution in [3.05, 3.63) is 23.4 Å². The number of nitrogens with two attached hydrogens (primary N) is 1. The molecule has 0 aromatic carbocycles. The van der Waals surface area contributed by atoms with Crippen LogP contribution in [0.4, 0.5) is 0 Å². The number of rotatable bonds is 0. The first kappa shape index (κ1) is 5.42. The first-order valence-electron chi connectivity index (χ1n) is 2.86. The molecular formula is C7H11N. The standard InChI is InChI=1S/C7H11N/c1-5-3-4-7(8)6(5)2/h3-5H,8H2,1-2H3/t5-/m0/s1. The molecule has 0 bridgehead atoms. The number of hydrogen-bond donors (Lipinski definition) is 1. The maximum Gasteiger partial charge on any atom is 0.0305 e. The van der Waals surface area contributed by atoms with Gasteiger partial charge >= 0.3 is 0 Å². The van der Waals surface area contributed by atoms with Crippen LogP contribution in [0.1, 0.15) is 13.8 Å².